The van der Waals surface area contributed by atoms with Gasteiger partial charge in [0.05, 0.1) is 6.54 Å². The zero-order valence-electron chi connectivity index (χ0n) is 16.3. The Bertz CT molecular complexity index is 1070. The van der Waals surface area contributed by atoms with Crippen LogP contribution in [-0.4, -0.2) is 61.9 Å². The number of aromatic nitrogens is 5. The van der Waals surface area contributed by atoms with Crippen LogP contribution >= 0.6 is 11.6 Å². The first kappa shape index (κ1) is 18.3. The van der Waals surface area contributed by atoms with Crippen LogP contribution in [0.3, 0.4) is 0 Å². The summed E-state index contributed by atoms with van der Waals surface area (Å²) in [6.45, 7) is 4.96. The quantitative estimate of drug-likeness (QED) is 0.656. The van der Waals surface area contributed by atoms with Crippen LogP contribution in [0.25, 0.3) is 11.2 Å². The first-order valence-corrected chi connectivity index (χ1v) is 10.3. The van der Waals surface area contributed by atoms with E-state index in [1.165, 1.54) is 0 Å². The summed E-state index contributed by atoms with van der Waals surface area (Å²) in [5.74, 6) is 2.22. The first-order chi connectivity index (χ1) is 14.1. The molecule has 0 bridgehead atoms. The number of rotatable bonds is 4. The second kappa shape index (κ2) is 7.26. The van der Waals surface area contributed by atoms with E-state index in [0.717, 1.165) is 48.8 Å². The summed E-state index contributed by atoms with van der Waals surface area (Å²) >= 11 is 6.34. The van der Waals surface area contributed by atoms with Crippen LogP contribution in [-0.2, 0) is 11.3 Å². The van der Waals surface area contributed by atoms with Gasteiger partial charge >= 0.3 is 0 Å². The lowest BCUT2D eigenvalue weighted by molar-refractivity contribution is -0.129. The van der Waals surface area contributed by atoms with Gasteiger partial charge in [-0.15, -0.1) is 5.10 Å². The molecule has 1 amide bonds. The minimum Gasteiger partial charge on any atom is -0.351 e. The van der Waals surface area contributed by atoms with Gasteiger partial charge in [-0.2, -0.15) is 0 Å². The van der Waals surface area contributed by atoms with E-state index in [4.69, 9.17) is 21.6 Å². The van der Waals surface area contributed by atoms with Crippen LogP contribution < -0.4 is 4.90 Å². The average Bonchev–Trinajstić information content (AvgIpc) is 3.51. The number of nitrogens with zero attached hydrogens (tertiary/aromatic N) is 7. The van der Waals surface area contributed by atoms with E-state index in [1.807, 2.05) is 29.2 Å². The minimum absolute atomic E-state index is 0.113. The standard InChI is InChI=1S/C20H22ClN7O/c1-13(29)26-8-10-27(11-9-26)19-17-20(23-18(22-19)14-6-7-14)28(25-24-17)12-15-4-2-3-5-16(15)21/h2-5,14H,6-12H2,1H3. The minimum atomic E-state index is 0.113. The summed E-state index contributed by atoms with van der Waals surface area (Å²) < 4.78 is 1.80. The summed E-state index contributed by atoms with van der Waals surface area (Å²) in [5.41, 5.74) is 2.42. The zero-order valence-corrected chi connectivity index (χ0v) is 17.0. The van der Waals surface area contributed by atoms with Crippen molar-refractivity contribution in [1.82, 2.24) is 29.9 Å². The lowest BCUT2D eigenvalue weighted by Crippen LogP contribution is -2.48. The van der Waals surface area contributed by atoms with E-state index in [9.17, 15) is 4.79 Å². The van der Waals surface area contributed by atoms with E-state index < -0.39 is 0 Å². The van der Waals surface area contributed by atoms with Gasteiger partial charge in [-0.3, -0.25) is 4.79 Å². The van der Waals surface area contributed by atoms with E-state index in [1.54, 1.807) is 11.6 Å². The van der Waals surface area contributed by atoms with Gasteiger partial charge in [-0.05, 0) is 24.5 Å². The first-order valence-electron chi connectivity index (χ1n) is 9.95. The van der Waals surface area contributed by atoms with Crippen LogP contribution in [0, 0.1) is 0 Å². The molecule has 1 saturated heterocycles. The summed E-state index contributed by atoms with van der Waals surface area (Å²) in [5, 5.41) is 9.48. The van der Waals surface area contributed by atoms with Crippen LogP contribution in [0.1, 0.15) is 37.1 Å². The molecule has 2 fully saturated rings. The highest BCUT2D eigenvalue weighted by Crippen LogP contribution is 2.39. The zero-order chi connectivity index (χ0) is 20.0. The Balaban J connectivity index is 1.52. The predicted octanol–water partition coefficient (Wildman–Crippen LogP) is 2.47. The van der Waals surface area contributed by atoms with Gasteiger partial charge in [-0.1, -0.05) is 35.0 Å². The molecule has 3 aromatic rings. The number of hydrogen-bond donors (Lipinski definition) is 0. The highest BCUT2D eigenvalue weighted by molar-refractivity contribution is 6.31. The number of carbonyl (C=O) groups excluding carboxylic acids is 1. The van der Waals surface area contributed by atoms with Gasteiger partial charge in [0.1, 0.15) is 5.82 Å². The molecular formula is C20H22ClN7O. The summed E-state index contributed by atoms with van der Waals surface area (Å²) in [7, 11) is 0. The van der Waals surface area contributed by atoms with Crippen molar-refractivity contribution in [1.29, 1.82) is 0 Å². The smallest absolute Gasteiger partial charge is 0.219 e. The number of halogens is 1. The molecule has 150 valence electrons. The van der Waals surface area contributed by atoms with E-state index in [0.29, 0.717) is 36.1 Å². The Morgan fingerprint density at radius 2 is 1.90 bits per heavy atom. The van der Waals surface area contributed by atoms with Gasteiger partial charge in [0.25, 0.3) is 0 Å². The Labute approximate surface area is 173 Å². The maximum atomic E-state index is 11.7. The highest BCUT2D eigenvalue weighted by atomic mass is 35.5. The van der Waals surface area contributed by atoms with Crippen molar-refractivity contribution in [2.24, 2.45) is 0 Å². The van der Waals surface area contributed by atoms with Gasteiger partial charge in [-0.25, -0.2) is 14.6 Å². The number of benzene rings is 1. The molecule has 2 aromatic heterocycles. The predicted molar refractivity (Wildman–Crippen MR) is 110 cm³/mol. The van der Waals surface area contributed by atoms with E-state index in [-0.39, 0.29) is 5.91 Å². The molecule has 1 aromatic carbocycles. The number of carbonyl (C=O) groups is 1. The largest absolute Gasteiger partial charge is 0.351 e. The Kier molecular flexibility index (Phi) is 4.58. The normalized spacial score (nSPS) is 17.2. The van der Waals surface area contributed by atoms with Gasteiger partial charge in [0.15, 0.2) is 17.0 Å². The van der Waals surface area contributed by atoms with Crippen molar-refractivity contribution in [3.63, 3.8) is 0 Å². The monoisotopic (exact) mass is 411 g/mol. The molecule has 9 heteroatoms. The maximum absolute atomic E-state index is 11.7. The number of piperazine rings is 1. The number of hydrogen-bond acceptors (Lipinski definition) is 6. The number of fused-ring (bicyclic) bond motifs is 1. The third-order valence-electron chi connectivity index (χ3n) is 5.61. The van der Waals surface area contributed by atoms with Gasteiger partial charge in [0.2, 0.25) is 5.91 Å². The Morgan fingerprint density at radius 3 is 2.59 bits per heavy atom. The molecular weight excluding hydrogens is 390 g/mol. The topological polar surface area (TPSA) is 80.0 Å². The van der Waals surface area contributed by atoms with Crippen molar-refractivity contribution < 1.29 is 4.79 Å². The summed E-state index contributed by atoms with van der Waals surface area (Å²) in [6, 6.07) is 7.74. The van der Waals surface area contributed by atoms with Gasteiger partial charge in [0, 0.05) is 44.0 Å². The fraction of sp³-hybridized carbons (Fsp3) is 0.450. The van der Waals surface area contributed by atoms with Gasteiger partial charge < -0.3 is 9.80 Å². The number of anilines is 1. The molecule has 0 unspecified atom stereocenters. The lowest BCUT2D eigenvalue weighted by atomic mass is 10.2. The molecule has 0 N–H and O–H groups in total. The fourth-order valence-corrected chi connectivity index (χ4v) is 3.93. The second-order valence-corrected chi connectivity index (χ2v) is 8.09. The van der Waals surface area contributed by atoms with E-state index >= 15 is 0 Å². The molecule has 5 rings (SSSR count). The molecule has 1 aliphatic heterocycles. The second-order valence-electron chi connectivity index (χ2n) is 7.68. The van der Waals surface area contributed by atoms with Crippen LogP contribution in [0.15, 0.2) is 24.3 Å². The lowest BCUT2D eigenvalue weighted by Gasteiger charge is -2.34. The maximum Gasteiger partial charge on any atom is 0.219 e. The van der Waals surface area contributed by atoms with Crippen LogP contribution in [0.2, 0.25) is 5.02 Å². The summed E-state index contributed by atoms with van der Waals surface area (Å²) in [4.78, 5) is 25.4. The van der Waals surface area contributed by atoms with Crippen molar-refractivity contribution >= 4 is 34.5 Å². The number of amides is 1. The van der Waals surface area contributed by atoms with Crippen LogP contribution in [0.4, 0.5) is 5.82 Å². The Hall–Kier alpha value is -2.74. The highest BCUT2D eigenvalue weighted by Gasteiger charge is 2.31. The molecule has 1 saturated carbocycles. The molecule has 0 spiro atoms. The molecule has 1 aliphatic carbocycles. The van der Waals surface area contributed by atoms with Crippen molar-refractivity contribution in [3.8, 4) is 0 Å². The molecule has 0 radical (unpaired) electrons. The molecule has 3 heterocycles. The fourth-order valence-electron chi connectivity index (χ4n) is 3.73. The Morgan fingerprint density at radius 1 is 1.14 bits per heavy atom. The van der Waals surface area contributed by atoms with Crippen molar-refractivity contribution in [2.75, 3.05) is 31.1 Å². The average molecular weight is 412 g/mol. The van der Waals surface area contributed by atoms with Crippen molar-refractivity contribution in [2.45, 2.75) is 32.2 Å². The third-order valence-corrected chi connectivity index (χ3v) is 5.98. The van der Waals surface area contributed by atoms with E-state index in [2.05, 4.69) is 15.2 Å². The SMILES string of the molecule is CC(=O)N1CCN(c2nc(C3CC3)nc3c2nnn3Cc2ccccc2Cl)CC1. The summed E-state index contributed by atoms with van der Waals surface area (Å²) in [6.07, 6.45) is 2.24. The molecule has 0 atom stereocenters. The van der Waals surface area contributed by atoms with Crippen LogP contribution in [0.5, 0.6) is 0 Å². The molecule has 8 nitrogen and oxygen atoms in total. The molecule has 2 aliphatic rings. The molecule has 29 heavy (non-hydrogen) atoms. The third kappa shape index (κ3) is 3.53. The van der Waals surface area contributed by atoms with Crippen molar-refractivity contribution in [3.05, 3.63) is 40.7 Å².